The Morgan fingerprint density at radius 3 is 2.71 bits per heavy atom. The molecule has 0 saturated carbocycles. The molecule has 5 heteroatoms. The first kappa shape index (κ1) is 11.2. The lowest BCUT2D eigenvalue weighted by atomic mass is 10.4. The summed E-state index contributed by atoms with van der Waals surface area (Å²) in [5, 5.41) is 4.19. The summed E-state index contributed by atoms with van der Waals surface area (Å²) in [6.07, 6.45) is 1.63. The molecule has 84 valence electrons. The maximum absolute atomic E-state index is 4.34. The first-order chi connectivity index (χ1) is 8.33. The zero-order valence-electron chi connectivity index (χ0n) is 8.63. The summed E-state index contributed by atoms with van der Waals surface area (Å²) < 4.78 is 1.09. The average molecular weight is 323 g/mol. The molecule has 2 aromatic heterocycles. The molecule has 1 aromatic carbocycles. The summed E-state index contributed by atoms with van der Waals surface area (Å²) in [6.45, 7) is 0. The highest BCUT2D eigenvalue weighted by Crippen LogP contribution is 2.33. The van der Waals surface area contributed by atoms with Crippen molar-refractivity contribution in [3.05, 3.63) is 46.5 Å². The monoisotopic (exact) mass is 322 g/mol. The minimum absolute atomic E-state index is 1.01. The number of nitrogens with zero attached hydrogens (tertiary/aromatic N) is 2. The normalized spacial score (nSPS) is 10.9. The second-order valence-corrected chi connectivity index (χ2v) is 6.25. The minimum atomic E-state index is 1.01. The van der Waals surface area contributed by atoms with Crippen LogP contribution in [0.4, 0.5) is 0 Å². The number of halogens is 1. The summed E-state index contributed by atoms with van der Waals surface area (Å²) >= 11 is 6.74. The molecule has 0 N–H and O–H groups in total. The van der Waals surface area contributed by atoms with E-state index in [0.29, 0.717) is 0 Å². The molecule has 0 spiro atoms. The van der Waals surface area contributed by atoms with Crippen LogP contribution in [0.2, 0.25) is 0 Å². The molecule has 0 bridgehead atoms. The predicted molar refractivity (Wildman–Crippen MR) is 75.7 cm³/mol. The Morgan fingerprint density at radius 2 is 1.88 bits per heavy atom. The first-order valence-corrected chi connectivity index (χ1v) is 7.43. The third-order valence-corrected chi connectivity index (χ3v) is 4.63. The van der Waals surface area contributed by atoms with E-state index < -0.39 is 0 Å². The zero-order valence-corrected chi connectivity index (χ0v) is 11.8. The van der Waals surface area contributed by atoms with E-state index in [2.05, 4.69) is 44.1 Å². The molecule has 0 radical (unpaired) electrons. The summed E-state index contributed by atoms with van der Waals surface area (Å²) in [5.74, 6) is 0. The van der Waals surface area contributed by atoms with Crippen molar-refractivity contribution in [1.82, 2.24) is 9.97 Å². The lowest BCUT2D eigenvalue weighted by Crippen LogP contribution is -1.82. The Bertz CT molecular complexity index is 649. The molecular weight excluding hydrogens is 316 g/mol. The lowest BCUT2D eigenvalue weighted by Gasteiger charge is -2.01. The molecule has 0 atom stereocenters. The van der Waals surface area contributed by atoms with Crippen LogP contribution in [-0.2, 0) is 0 Å². The van der Waals surface area contributed by atoms with E-state index in [1.54, 1.807) is 29.4 Å². The standard InChI is InChI=1S/C12H7BrN2S2/c13-8-1-3-9(4-2-8)17-12-10-5-6-16-11(10)14-7-15-12/h1-7H. The third-order valence-electron chi connectivity index (χ3n) is 2.25. The quantitative estimate of drug-likeness (QED) is 0.644. The number of benzene rings is 1. The summed E-state index contributed by atoms with van der Waals surface area (Å²) in [4.78, 5) is 10.8. The average Bonchev–Trinajstić information content (AvgIpc) is 2.81. The predicted octanol–water partition coefficient (Wildman–Crippen LogP) is 4.61. The minimum Gasteiger partial charge on any atom is -0.229 e. The maximum atomic E-state index is 4.34. The molecule has 0 aliphatic heterocycles. The number of hydrogen-bond acceptors (Lipinski definition) is 4. The fourth-order valence-electron chi connectivity index (χ4n) is 1.46. The number of aromatic nitrogens is 2. The molecule has 0 aliphatic carbocycles. The van der Waals surface area contributed by atoms with Gasteiger partial charge in [-0.2, -0.15) is 0 Å². The zero-order chi connectivity index (χ0) is 11.7. The molecule has 2 nitrogen and oxygen atoms in total. The van der Waals surface area contributed by atoms with Gasteiger partial charge in [0.15, 0.2) is 0 Å². The Morgan fingerprint density at radius 1 is 1.06 bits per heavy atom. The van der Waals surface area contributed by atoms with Gasteiger partial charge in [0.05, 0.1) is 0 Å². The van der Waals surface area contributed by atoms with E-state index in [1.807, 2.05) is 17.5 Å². The van der Waals surface area contributed by atoms with Gasteiger partial charge in [-0.15, -0.1) is 11.3 Å². The molecule has 0 aliphatic rings. The maximum Gasteiger partial charge on any atom is 0.127 e. The van der Waals surface area contributed by atoms with E-state index in [4.69, 9.17) is 0 Å². The van der Waals surface area contributed by atoms with Crippen molar-refractivity contribution in [1.29, 1.82) is 0 Å². The van der Waals surface area contributed by atoms with Gasteiger partial charge in [0.2, 0.25) is 0 Å². The van der Waals surface area contributed by atoms with E-state index >= 15 is 0 Å². The summed E-state index contributed by atoms with van der Waals surface area (Å²) in [7, 11) is 0. The Balaban J connectivity index is 1.99. The molecule has 0 unspecified atom stereocenters. The van der Waals surface area contributed by atoms with Gasteiger partial charge in [-0.25, -0.2) is 9.97 Å². The fraction of sp³-hybridized carbons (Fsp3) is 0. The highest BCUT2D eigenvalue weighted by Gasteiger charge is 2.06. The number of fused-ring (bicyclic) bond motifs is 1. The van der Waals surface area contributed by atoms with Crippen molar-refractivity contribution < 1.29 is 0 Å². The van der Waals surface area contributed by atoms with Gasteiger partial charge in [-0.3, -0.25) is 0 Å². The summed E-state index contributed by atoms with van der Waals surface area (Å²) in [5.41, 5.74) is 0. The molecule has 0 fully saturated rings. The highest BCUT2D eigenvalue weighted by molar-refractivity contribution is 9.10. The number of thiophene rings is 1. The lowest BCUT2D eigenvalue weighted by molar-refractivity contribution is 1.11. The molecular formula is C12H7BrN2S2. The van der Waals surface area contributed by atoms with Gasteiger partial charge in [0.25, 0.3) is 0 Å². The van der Waals surface area contributed by atoms with Crippen LogP contribution in [-0.4, -0.2) is 9.97 Å². The highest BCUT2D eigenvalue weighted by atomic mass is 79.9. The third kappa shape index (κ3) is 2.36. The SMILES string of the molecule is Brc1ccc(Sc2ncnc3sccc23)cc1. The topological polar surface area (TPSA) is 25.8 Å². The van der Waals surface area contributed by atoms with Crippen molar-refractivity contribution >= 4 is 49.2 Å². The van der Waals surface area contributed by atoms with Crippen LogP contribution >= 0.6 is 39.0 Å². The van der Waals surface area contributed by atoms with Crippen LogP contribution in [0, 0.1) is 0 Å². The molecule has 0 amide bonds. The van der Waals surface area contributed by atoms with E-state index in [1.165, 1.54) is 4.90 Å². The van der Waals surface area contributed by atoms with Gasteiger partial charge >= 0.3 is 0 Å². The molecule has 0 saturated heterocycles. The Kier molecular flexibility index (Phi) is 3.13. The van der Waals surface area contributed by atoms with Crippen LogP contribution in [0.1, 0.15) is 0 Å². The first-order valence-electron chi connectivity index (χ1n) is 4.94. The van der Waals surface area contributed by atoms with Gasteiger partial charge < -0.3 is 0 Å². The molecule has 2 heterocycles. The van der Waals surface area contributed by atoms with Crippen LogP contribution in [0.15, 0.2) is 56.4 Å². The number of rotatable bonds is 2. The Hall–Kier alpha value is -0.910. The largest absolute Gasteiger partial charge is 0.229 e. The molecule has 3 rings (SSSR count). The summed E-state index contributed by atoms with van der Waals surface area (Å²) in [6, 6.07) is 10.3. The van der Waals surface area contributed by atoms with E-state index in [-0.39, 0.29) is 0 Å². The van der Waals surface area contributed by atoms with Crippen LogP contribution in [0.3, 0.4) is 0 Å². The van der Waals surface area contributed by atoms with Crippen molar-refractivity contribution in [3.8, 4) is 0 Å². The van der Waals surface area contributed by atoms with Crippen molar-refractivity contribution in [2.75, 3.05) is 0 Å². The smallest absolute Gasteiger partial charge is 0.127 e. The van der Waals surface area contributed by atoms with Gasteiger partial charge in [-0.1, -0.05) is 27.7 Å². The van der Waals surface area contributed by atoms with Crippen molar-refractivity contribution in [3.63, 3.8) is 0 Å². The van der Waals surface area contributed by atoms with Gasteiger partial charge in [0.1, 0.15) is 16.2 Å². The second-order valence-electron chi connectivity index (χ2n) is 3.37. The Labute approximate surface area is 115 Å². The van der Waals surface area contributed by atoms with Crippen LogP contribution in [0.25, 0.3) is 10.2 Å². The van der Waals surface area contributed by atoms with Crippen molar-refractivity contribution in [2.45, 2.75) is 9.92 Å². The number of hydrogen-bond donors (Lipinski definition) is 0. The van der Waals surface area contributed by atoms with Gasteiger partial charge in [0, 0.05) is 14.8 Å². The second kappa shape index (κ2) is 4.76. The van der Waals surface area contributed by atoms with E-state index in [0.717, 1.165) is 19.7 Å². The van der Waals surface area contributed by atoms with Crippen molar-refractivity contribution in [2.24, 2.45) is 0 Å². The molecule has 17 heavy (non-hydrogen) atoms. The van der Waals surface area contributed by atoms with Crippen LogP contribution in [0.5, 0.6) is 0 Å². The van der Waals surface area contributed by atoms with E-state index in [9.17, 15) is 0 Å². The van der Waals surface area contributed by atoms with Gasteiger partial charge in [-0.05, 0) is 35.7 Å². The molecule has 3 aromatic rings. The fourth-order valence-corrected chi connectivity index (χ4v) is 3.39. The van der Waals surface area contributed by atoms with Crippen LogP contribution < -0.4 is 0 Å².